The minimum atomic E-state index is -0.299. The van der Waals surface area contributed by atoms with Gasteiger partial charge in [0.2, 0.25) is 0 Å². The largest absolute Gasteiger partial charge is 0.345 e. The van der Waals surface area contributed by atoms with Gasteiger partial charge < -0.3 is 4.98 Å². The van der Waals surface area contributed by atoms with Crippen molar-refractivity contribution in [2.75, 3.05) is 0 Å². The molecule has 0 radical (unpaired) electrons. The molecule has 66 valence electrons. The fraction of sp³-hybridized carbons (Fsp3) is 0.111. The van der Waals surface area contributed by atoms with Crippen LogP contribution in [0.5, 0.6) is 0 Å². The van der Waals surface area contributed by atoms with Crippen molar-refractivity contribution in [2.24, 2.45) is 0 Å². The lowest BCUT2D eigenvalue weighted by Crippen LogP contribution is -2.10. The van der Waals surface area contributed by atoms with Crippen LogP contribution in [0.4, 0.5) is 0 Å². The third-order valence-electron chi connectivity index (χ3n) is 1.81. The van der Waals surface area contributed by atoms with Gasteiger partial charge in [0.15, 0.2) is 0 Å². The minimum Gasteiger partial charge on any atom is -0.305 e. The summed E-state index contributed by atoms with van der Waals surface area (Å²) in [4.78, 5) is 17.3. The Morgan fingerprint density at radius 1 is 1.54 bits per heavy atom. The van der Waals surface area contributed by atoms with Crippen molar-refractivity contribution in [3.8, 4) is 11.3 Å². The number of hydrogen-bond donors (Lipinski definition) is 1. The van der Waals surface area contributed by atoms with Crippen molar-refractivity contribution in [1.82, 2.24) is 9.97 Å². The molecule has 0 amide bonds. The molecule has 0 aromatic carbocycles. The average Bonchev–Trinajstić information content (AvgIpc) is 2.61. The Kier molecular flexibility index (Phi) is 1.98. The summed E-state index contributed by atoms with van der Waals surface area (Å²) in [6.45, 7) is 1.93. The van der Waals surface area contributed by atoms with E-state index in [0.717, 1.165) is 16.8 Å². The molecule has 2 aromatic rings. The molecule has 0 saturated carbocycles. The summed E-state index contributed by atoms with van der Waals surface area (Å²) < 4.78 is 0. The van der Waals surface area contributed by atoms with Crippen LogP contribution >= 0.6 is 11.3 Å². The van der Waals surface area contributed by atoms with Gasteiger partial charge in [0, 0.05) is 17.1 Å². The molecule has 2 heterocycles. The highest BCUT2D eigenvalue weighted by atomic mass is 32.1. The van der Waals surface area contributed by atoms with Gasteiger partial charge in [-0.3, -0.25) is 0 Å². The predicted molar refractivity (Wildman–Crippen MR) is 52.9 cm³/mol. The number of nitrogens with zero attached hydrogens (tertiary/aromatic N) is 1. The first-order valence-electron chi connectivity index (χ1n) is 3.86. The Balaban J connectivity index is 2.64. The van der Waals surface area contributed by atoms with Crippen molar-refractivity contribution in [2.45, 2.75) is 6.92 Å². The smallest absolute Gasteiger partial charge is 0.305 e. The first-order chi connectivity index (χ1) is 6.27. The standard InChI is InChI=1S/C9H8N2OS/c1-6-4-10-9(12)11-8(6)7-2-3-13-5-7/h2-5H,1H3,(H,10,11,12). The molecule has 1 N–H and O–H groups in total. The van der Waals surface area contributed by atoms with Gasteiger partial charge >= 0.3 is 5.69 Å². The summed E-state index contributed by atoms with van der Waals surface area (Å²) in [5.41, 5.74) is 2.59. The molecule has 0 saturated heterocycles. The van der Waals surface area contributed by atoms with Crippen molar-refractivity contribution in [3.63, 3.8) is 0 Å². The highest BCUT2D eigenvalue weighted by molar-refractivity contribution is 7.08. The maximum absolute atomic E-state index is 11.0. The van der Waals surface area contributed by atoms with E-state index < -0.39 is 0 Å². The molecule has 0 spiro atoms. The van der Waals surface area contributed by atoms with Crippen LogP contribution < -0.4 is 5.69 Å². The molecule has 2 rings (SSSR count). The number of hydrogen-bond acceptors (Lipinski definition) is 3. The average molecular weight is 192 g/mol. The second-order valence-electron chi connectivity index (χ2n) is 2.76. The molecular formula is C9H8N2OS. The highest BCUT2D eigenvalue weighted by Gasteiger charge is 2.02. The molecule has 0 fully saturated rings. The fourth-order valence-electron chi connectivity index (χ4n) is 1.16. The molecule has 0 aliphatic carbocycles. The number of thiophene rings is 1. The predicted octanol–water partition coefficient (Wildman–Crippen LogP) is 1.81. The maximum Gasteiger partial charge on any atom is 0.345 e. The van der Waals surface area contributed by atoms with E-state index in [1.165, 1.54) is 0 Å². The van der Waals surface area contributed by atoms with Crippen molar-refractivity contribution in [3.05, 3.63) is 39.1 Å². The first kappa shape index (κ1) is 8.19. The highest BCUT2D eigenvalue weighted by Crippen LogP contribution is 2.21. The van der Waals surface area contributed by atoms with Gasteiger partial charge in [-0.2, -0.15) is 11.3 Å². The quantitative estimate of drug-likeness (QED) is 0.749. The van der Waals surface area contributed by atoms with E-state index in [-0.39, 0.29) is 5.69 Å². The molecule has 0 aliphatic heterocycles. The van der Waals surface area contributed by atoms with E-state index in [0.29, 0.717) is 0 Å². The zero-order chi connectivity index (χ0) is 9.26. The second kappa shape index (κ2) is 3.14. The summed E-state index contributed by atoms with van der Waals surface area (Å²) in [7, 11) is 0. The van der Waals surface area contributed by atoms with Gasteiger partial charge in [-0.25, -0.2) is 9.78 Å². The van der Waals surface area contributed by atoms with Gasteiger partial charge in [-0.05, 0) is 23.9 Å². The SMILES string of the molecule is Cc1cnc(=O)[nH]c1-c1ccsc1. The van der Waals surface area contributed by atoms with Gasteiger partial charge in [-0.15, -0.1) is 0 Å². The zero-order valence-corrected chi connectivity index (χ0v) is 7.89. The van der Waals surface area contributed by atoms with E-state index in [4.69, 9.17) is 0 Å². The number of rotatable bonds is 1. The number of nitrogens with one attached hydrogen (secondary N) is 1. The van der Waals surface area contributed by atoms with Gasteiger partial charge in [0.25, 0.3) is 0 Å². The molecule has 13 heavy (non-hydrogen) atoms. The molecule has 3 nitrogen and oxygen atoms in total. The summed E-state index contributed by atoms with van der Waals surface area (Å²) >= 11 is 1.61. The molecule has 4 heteroatoms. The lowest BCUT2D eigenvalue weighted by Gasteiger charge is -2.00. The number of H-pyrrole nitrogens is 1. The van der Waals surface area contributed by atoms with E-state index in [9.17, 15) is 4.79 Å². The van der Waals surface area contributed by atoms with Crippen LogP contribution in [0.15, 0.2) is 27.8 Å². The molecule has 0 bridgehead atoms. The van der Waals surface area contributed by atoms with Crippen LogP contribution in [0.2, 0.25) is 0 Å². The van der Waals surface area contributed by atoms with Crippen LogP contribution in [0.3, 0.4) is 0 Å². The monoisotopic (exact) mass is 192 g/mol. The van der Waals surface area contributed by atoms with Crippen molar-refractivity contribution < 1.29 is 0 Å². The lowest BCUT2D eigenvalue weighted by atomic mass is 10.1. The van der Waals surface area contributed by atoms with Crippen LogP contribution in [-0.4, -0.2) is 9.97 Å². The Morgan fingerprint density at radius 2 is 2.38 bits per heavy atom. The molecule has 2 aromatic heterocycles. The van der Waals surface area contributed by atoms with Crippen LogP contribution in [0.1, 0.15) is 5.56 Å². The normalized spacial score (nSPS) is 10.2. The summed E-state index contributed by atoms with van der Waals surface area (Å²) in [5, 5.41) is 3.98. The van der Waals surface area contributed by atoms with Gasteiger partial charge in [-0.1, -0.05) is 0 Å². The first-order valence-corrected chi connectivity index (χ1v) is 4.80. The Bertz CT molecular complexity index is 459. The fourth-order valence-corrected chi connectivity index (χ4v) is 1.81. The third kappa shape index (κ3) is 1.53. The topological polar surface area (TPSA) is 45.8 Å². The van der Waals surface area contributed by atoms with Crippen molar-refractivity contribution >= 4 is 11.3 Å². The lowest BCUT2D eigenvalue weighted by molar-refractivity contribution is 1.06. The third-order valence-corrected chi connectivity index (χ3v) is 2.49. The number of aromatic nitrogens is 2. The summed E-state index contributed by atoms with van der Waals surface area (Å²) in [6, 6.07) is 1.98. The van der Waals surface area contributed by atoms with E-state index in [1.807, 2.05) is 23.8 Å². The molecule has 0 atom stereocenters. The van der Waals surface area contributed by atoms with E-state index in [1.54, 1.807) is 17.5 Å². The maximum atomic E-state index is 11.0. The van der Waals surface area contributed by atoms with Gasteiger partial charge in [0.1, 0.15) is 0 Å². The number of aryl methyl sites for hydroxylation is 1. The van der Waals surface area contributed by atoms with E-state index >= 15 is 0 Å². The molecule has 0 aliphatic rings. The van der Waals surface area contributed by atoms with Crippen LogP contribution in [0, 0.1) is 6.92 Å². The molecular weight excluding hydrogens is 184 g/mol. The van der Waals surface area contributed by atoms with E-state index in [2.05, 4.69) is 9.97 Å². The zero-order valence-electron chi connectivity index (χ0n) is 7.07. The Hall–Kier alpha value is -1.42. The van der Waals surface area contributed by atoms with Crippen LogP contribution in [-0.2, 0) is 0 Å². The second-order valence-corrected chi connectivity index (χ2v) is 3.54. The van der Waals surface area contributed by atoms with Crippen LogP contribution in [0.25, 0.3) is 11.3 Å². The number of aromatic amines is 1. The van der Waals surface area contributed by atoms with Crippen molar-refractivity contribution in [1.29, 1.82) is 0 Å². The minimum absolute atomic E-state index is 0.299. The Morgan fingerprint density at radius 3 is 3.08 bits per heavy atom. The summed E-state index contributed by atoms with van der Waals surface area (Å²) in [5.74, 6) is 0. The summed E-state index contributed by atoms with van der Waals surface area (Å²) in [6.07, 6.45) is 1.59. The Labute approximate surface area is 79.1 Å². The molecule has 0 unspecified atom stereocenters. The van der Waals surface area contributed by atoms with Gasteiger partial charge in [0.05, 0.1) is 5.69 Å².